The lowest BCUT2D eigenvalue weighted by Crippen LogP contribution is -2.46. The summed E-state index contributed by atoms with van der Waals surface area (Å²) in [5, 5.41) is 0. The molecule has 1 atom stereocenters. The SMILES string of the molecule is CCN1CC(CN(C)C(=O)c2ccc(OCC(N)=O)cc2)Oc2ccccc21. The molecule has 2 aromatic carbocycles. The Morgan fingerprint density at radius 1 is 1.21 bits per heavy atom. The monoisotopic (exact) mass is 383 g/mol. The molecular weight excluding hydrogens is 358 g/mol. The molecular formula is C21H25N3O4. The minimum absolute atomic E-state index is 0.105. The largest absolute Gasteiger partial charge is 0.485 e. The van der Waals surface area contributed by atoms with Crippen LogP contribution in [0, 0.1) is 0 Å². The fraction of sp³-hybridized carbons (Fsp3) is 0.333. The Labute approximate surface area is 164 Å². The minimum Gasteiger partial charge on any atom is -0.485 e. The van der Waals surface area contributed by atoms with Gasteiger partial charge in [-0.1, -0.05) is 12.1 Å². The lowest BCUT2D eigenvalue weighted by atomic mass is 10.1. The molecule has 2 aromatic rings. The Hall–Kier alpha value is -3.22. The highest BCUT2D eigenvalue weighted by Crippen LogP contribution is 2.32. The molecule has 0 fully saturated rings. The molecule has 0 aromatic heterocycles. The molecule has 0 bridgehead atoms. The minimum atomic E-state index is -0.546. The summed E-state index contributed by atoms with van der Waals surface area (Å²) in [4.78, 5) is 27.4. The maximum atomic E-state index is 12.7. The Morgan fingerprint density at radius 2 is 1.93 bits per heavy atom. The van der Waals surface area contributed by atoms with Crippen LogP contribution in [0.5, 0.6) is 11.5 Å². The van der Waals surface area contributed by atoms with Gasteiger partial charge < -0.3 is 25.0 Å². The Kier molecular flexibility index (Phi) is 6.03. The van der Waals surface area contributed by atoms with Gasteiger partial charge in [-0.2, -0.15) is 0 Å². The van der Waals surface area contributed by atoms with E-state index in [1.807, 2.05) is 24.3 Å². The second-order valence-corrected chi connectivity index (χ2v) is 6.71. The van der Waals surface area contributed by atoms with Crippen LogP contribution in [0.3, 0.4) is 0 Å². The van der Waals surface area contributed by atoms with Crippen molar-refractivity contribution < 1.29 is 19.1 Å². The van der Waals surface area contributed by atoms with Crippen LogP contribution >= 0.6 is 0 Å². The molecule has 0 spiro atoms. The highest BCUT2D eigenvalue weighted by molar-refractivity contribution is 5.94. The zero-order valence-corrected chi connectivity index (χ0v) is 16.1. The average molecular weight is 383 g/mol. The summed E-state index contributed by atoms with van der Waals surface area (Å²) in [5.41, 5.74) is 6.68. The number of carbonyl (C=O) groups excluding carboxylic acids is 2. The van der Waals surface area contributed by atoms with Crippen LogP contribution < -0.4 is 20.1 Å². The number of amides is 2. The Morgan fingerprint density at radius 3 is 2.61 bits per heavy atom. The van der Waals surface area contributed by atoms with Crippen molar-refractivity contribution in [3.63, 3.8) is 0 Å². The van der Waals surface area contributed by atoms with Crippen LogP contribution in [0.2, 0.25) is 0 Å². The predicted octanol–water partition coefficient (Wildman–Crippen LogP) is 1.91. The standard InChI is InChI=1S/C21H25N3O4/c1-3-24-13-17(28-19-7-5-4-6-18(19)24)12-23(2)21(26)15-8-10-16(11-9-15)27-14-20(22)25/h4-11,17H,3,12-14H2,1-2H3,(H2,22,25). The van der Waals surface area contributed by atoms with Crippen LogP contribution in [0.1, 0.15) is 17.3 Å². The molecule has 28 heavy (non-hydrogen) atoms. The summed E-state index contributed by atoms with van der Waals surface area (Å²) in [6.07, 6.45) is -0.109. The third-order valence-electron chi connectivity index (χ3n) is 4.61. The number of fused-ring (bicyclic) bond motifs is 1. The summed E-state index contributed by atoms with van der Waals surface area (Å²) in [6.45, 7) is 3.99. The first-order valence-corrected chi connectivity index (χ1v) is 9.25. The summed E-state index contributed by atoms with van der Waals surface area (Å²) in [7, 11) is 1.76. The van der Waals surface area contributed by atoms with Crippen molar-refractivity contribution in [2.75, 3.05) is 38.2 Å². The first kappa shape index (κ1) is 19.5. The number of hydrogen-bond acceptors (Lipinski definition) is 5. The number of nitrogens with two attached hydrogens (primary N) is 1. The van der Waals surface area contributed by atoms with Crippen molar-refractivity contribution in [2.24, 2.45) is 5.73 Å². The van der Waals surface area contributed by atoms with Gasteiger partial charge in [-0.3, -0.25) is 9.59 Å². The molecule has 7 nitrogen and oxygen atoms in total. The molecule has 1 heterocycles. The van der Waals surface area contributed by atoms with Crippen molar-refractivity contribution in [3.05, 3.63) is 54.1 Å². The van der Waals surface area contributed by atoms with Crippen molar-refractivity contribution in [2.45, 2.75) is 13.0 Å². The maximum Gasteiger partial charge on any atom is 0.255 e. The van der Waals surface area contributed by atoms with Crippen LogP contribution in [0.15, 0.2) is 48.5 Å². The van der Waals surface area contributed by atoms with E-state index in [0.717, 1.165) is 24.5 Å². The number of hydrogen-bond donors (Lipinski definition) is 1. The molecule has 1 unspecified atom stereocenters. The Balaban J connectivity index is 1.62. The number of likely N-dealkylation sites (N-methyl/N-ethyl adjacent to an activating group) is 2. The highest BCUT2D eigenvalue weighted by Gasteiger charge is 2.27. The Bertz CT molecular complexity index is 838. The molecule has 1 aliphatic rings. The number of rotatable bonds is 7. The first-order valence-electron chi connectivity index (χ1n) is 9.25. The molecule has 3 rings (SSSR count). The molecule has 2 N–H and O–H groups in total. The summed E-state index contributed by atoms with van der Waals surface area (Å²) >= 11 is 0. The van der Waals surface area contributed by atoms with E-state index in [-0.39, 0.29) is 18.6 Å². The van der Waals surface area contributed by atoms with Gasteiger partial charge in [0.2, 0.25) is 0 Å². The van der Waals surface area contributed by atoms with Crippen LogP contribution in [0.25, 0.3) is 0 Å². The summed E-state index contributed by atoms with van der Waals surface area (Å²) in [5.74, 6) is 0.684. The second kappa shape index (κ2) is 8.65. The lowest BCUT2D eigenvalue weighted by molar-refractivity contribution is -0.119. The number of carbonyl (C=O) groups is 2. The number of primary amides is 1. The van der Waals surface area contributed by atoms with Gasteiger partial charge in [-0.25, -0.2) is 0 Å². The van der Waals surface area contributed by atoms with Gasteiger partial charge in [0, 0.05) is 19.2 Å². The lowest BCUT2D eigenvalue weighted by Gasteiger charge is -2.37. The van der Waals surface area contributed by atoms with E-state index in [2.05, 4.69) is 11.8 Å². The van der Waals surface area contributed by atoms with Crippen LogP contribution in [0.4, 0.5) is 5.69 Å². The summed E-state index contributed by atoms with van der Waals surface area (Å²) in [6, 6.07) is 14.6. The van der Waals surface area contributed by atoms with Gasteiger partial charge >= 0.3 is 0 Å². The number of ether oxygens (including phenoxy) is 2. The molecule has 0 saturated heterocycles. The van der Waals surface area contributed by atoms with Crippen molar-refractivity contribution in [1.82, 2.24) is 4.90 Å². The second-order valence-electron chi connectivity index (χ2n) is 6.71. The van der Waals surface area contributed by atoms with Crippen molar-refractivity contribution in [1.29, 1.82) is 0 Å². The number of para-hydroxylation sites is 2. The quantitative estimate of drug-likeness (QED) is 0.789. The van der Waals surface area contributed by atoms with Gasteiger partial charge in [0.25, 0.3) is 11.8 Å². The van der Waals surface area contributed by atoms with Crippen molar-refractivity contribution in [3.8, 4) is 11.5 Å². The normalized spacial score (nSPS) is 15.4. The van der Waals surface area contributed by atoms with Crippen molar-refractivity contribution >= 4 is 17.5 Å². The van der Waals surface area contributed by atoms with Crippen LogP contribution in [-0.2, 0) is 4.79 Å². The van der Waals surface area contributed by atoms with E-state index in [1.54, 1.807) is 36.2 Å². The van der Waals surface area contributed by atoms with E-state index in [1.165, 1.54) is 0 Å². The zero-order valence-electron chi connectivity index (χ0n) is 16.1. The van der Waals surface area contributed by atoms with E-state index in [0.29, 0.717) is 17.9 Å². The number of nitrogens with zero attached hydrogens (tertiary/aromatic N) is 2. The molecule has 7 heteroatoms. The van der Waals surface area contributed by atoms with Gasteiger partial charge in [-0.15, -0.1) is 0 Å². The van der Waals surface area contributed by atoms with Gasteiger partial charge in [-0.05, 0) is 43.3 Å². The topological polar surface area (TPSA) is 85.1 Å². The van der Waals surface area contributed by atoms with Gasteiger partial charge in [0.1, 0.15) is 17.6 Å². The molecule has 0 saturated carbocycles. The highest BCUT2D eigenvalue weighted by atomic mass is 16.5. The molecule has 1 aliphatic heterocycles. The maximum absolute atomic E-state index is 12.7. The van der Waals surface area contributed by atoms with Gasteiger partial charge in [0.15, 0.2) is 6.61 Å². The third kappa shape index (κ3) is 4.54. The summed E-state index contributed by atoms with van der Waals surface area (Å²) < 4.78 is 11.3. The fourth-order valence-electron chi connectivity index (χ4n) is 3.23. The van der Waals surface area contributed by atoms with E-state index < -0.39 is 5.91 Å². The van der Waals surface area contributed by atoms with Gasteiger partial charge in [0.05, 0.1) is 18.8 Å². The third-order valence-corrected chi connectivity index (χ3v) is 4.61. The predicted molar refractivity (Wildman–Crippen MR) is 107 cm³/mol. The smallest absolute Gasteiger partial charge is 0.255 e. The zero-order chi connectivity index (χ0) is 20.1. The average Bonchev–Trinajstić information content (AvgIpc) is 2.71. The number of benzene rings is 2. The van der Waals surface area contributed by atoms with E-state index in [4.69, 9.17) is 15.2 Å². The molecule has 0 aliphatic carbocycles. The first-order chi connectivity index (χ1) is 13.5. The molecule has 2 amide bonds. The number of anilines is 1. The molecule has 148 valence electrons. The van der Waals surface area contributed by atoms with E-state index in [9.17, 15) is 9.59 Å². The molecule has 0 radical (unpaired) electrons. The fourth-order valence-corrected chi connectivity index (χ4v) is 3.23. The van der Waals surface area contributed by atoms with Crippen LogP contribution in [-0.4, -0.2) is 56.1 Å². The van der Waals surface area contributed by atoms with E-state index >= 15 is 0 Å².